The molecule has 0 radical (unpaired) electrons. The number of nitrogens with zero attached hydrogens (tertiary/aromatic N) is 1. The van der Waals surface area contributed by atoms with Crippen LogP contribution in [0.15, 0.2) is 29.2 Å². The second-order valence-corrected chi connectivity index (χ2v) is 10.7. The van der Waals surface area contributed by atoms with Gasteiger partial charge in [0.05, 0.1) is 18.1 Å². The van der Waals surface area contributed by atoms with Gasteiger partial charge in [-0.1, -0.05) is 6.42 Å². The van der Waals surface area contributed by atoms with Gasteiger partial charge < -0.3 is 14.8 Å². The number of nitrogens with one attached hydrogen (secondary N) is 1. The summed E-state index contributed by atoms with van der Waals surface area (Å²) >= 11 is 0. The van der Waals surface area contributed by atoms with Crippen LogP contribution in [0.25, 0.3) is 0 Å². The number of rotatable bonds is 7. The summed E-state index contributed by atoms with van der Waals surface area (Å²) < 4.78 is 37.3. The lowest BCUT2D eigenvalue weighted by molar-refractivity contribution is -0.154. The van der Waals surface area contributed by atoms with Crippen LogP contribution in [-0.2, 0) is 29.1 Å². The Hall–Kier alpha value is -1.97. The summed E-state index contributed by atoms with van der Waals surface area (Å²) in [5.41, 5.74) is 0.446. The smallest absolute Gasteiger partial charge is 0.306 e. The van der Waals surface area contributed by atoms with Gasteiger partial charge >= 0.3 is 5.97 Å². The largest absolute Gasteiger partial charge is 0.453 e. The third kappa shape index (κ3) is 5.10. The minimum absolute atomic E-state index is 0.165. The SMILES string of the molecule is CC(OC(=O)CC1CC2CCC1C2)C(=O)Nc1ccc(S(=O)(=O)N2CCOCC2)cc1. The van der Waals surface area contributed by atoms with Gasteiger partial charge in [0.1, 0.15) is 0 Å². The fourth-order valence-corrected chi connectivity index (χ4v) is 6.44. The van der Waals surface area contributed by atoms with Crippen molar-refractivity contribution >= 4 is 27.6 Å². The number of ether oxygens (including phenoxy) is 2. The average molecular weight is 451 g/mol. The number of anilines is 1. The number of amides is 1. The molecule has 3 fully saturated rings. The quantitative estimate of drug-likeness (QED) is 0.640. The third-order valence-electron chi connectivity index (χ3n) is 6.72. The zero-order chi connectivity index (χ0) is 22.0. The Morgan fingerprint density at radius 3 is 2.48 bits per heavy atom. The van der Waals surface area contributed by atoms with Crippen molar-refractivity contribution in [3.63, 3.8) is 0 Å². The topological polar surface area (TPSA) is 102 Å². The van der Waals surface area contributed by atoms with Crippen molar-refractivity contribution in [2.24, 2.45) is 17.8 Å². The van der Waals surface area contributed by atoms with E-state index in [4.69, 9.17) is 9.47 Å². The normalized spacial score (nSPS) is 27.1. The monoisotopic (exact) mass is 450 g/mol. The molecule has 1 amide bonds. The van der Waals surface area contributed by atoms with Gasteiger partial charge in [-0.2, -0.15) is 4.31 Å². The molecule has 170 valence electrons. The van der Waals surface area contributed by atoms with E-state index in [-0.39, 0.29) is 10.9 Å². The predicted molar refractivity (Wildman–Crippen MR) is 114 cm³/mol. The fourth-order valence-electron chi connectivity index (χ4n) is 5.03. The third-order valence-corrected chi connectivity index (χ3v) is 8.63. The summed E-state index contributed by atoms with van der Waals surface area (Å²) in [6.45, 7) is 2.96. The lowest BCUT2D eigenvalue weighted by Crippen LogP contribution is -2.40. The molecule has 1 aliphatic heterocycles. The summed E-state index contributed by atoms with van der Waals surface area (Å²) in [6.07, 6.45) is 4.28. The highest BCUT2D eigenvalue weighted by atomic mass is 32.2. The molecule has 0 aromatic heterocycles. The number of esters is 1. The number of morpholine rings is 1. The van der Waals surface area contributed by atoms with E-state index < -0.39 is 22.0 Å². The van der Waals surface area contributed by atoms with Gasteiger partial charge in [0, 0.05) is 25.2 Å². The molecule has 1 saturated heterocycles. The summed E-state index contributed by atoms with van der Waals surface area (Å²) in [7, 11) is -3.58. The Bertz CT molecular complexity index is 910. The molecule has 2 saturated carbocycles. The summed E-state index contributed by atoms with van der Waals surface area (Å²) in [5.74, 6) is 1.02. The van der Waals surface area contributed by atoms with Crippen LogP contribution in [0.2, 0.25) is 0 Å². The van der Waals surface area contributed by atoms with E-state index in [9.17, 15) is 18.0 Å². The molecular weight excluding hydrogens is 420 g/mol. The van der Waals surface area contributed by atoms with Crippen LogP contribution in [0, 0.1) is 17.8 Å². The molecule has 1 aromatic carbocycles. The van der Waals surface area contributed by atoms with Crippen LogP contribution in [0.1, 0.15) is 39.0 Å². The van der Waals surface area contributed by atoms with Gasteiger partial charge in [0.15, 0.2) is 6.10 Å². The van der Waals surface area contributed by atoms with Crippen molar-refractivity contribution < 1.29 is 27.5 Å². The number of sulfonamides is 1. The lowest BCUT2D eigenvalue weighted by atomic mass is 9.86. The molecule has 2 bridgehead atoms. The first-order valence-electron chi connectivity index (χ1n) is 11.0. The minimum Gasteiger partial charge on any atom is -0.453 e. The molecule has 8 nitrogen and oxygen atoms in total. The van der Waals surface area contributed by atoms with E-state index in [2.05, 4.69) is 5.32 Å². The first-order chi connectivity index (χ1) is 14.8. The van der Waals surface area contributed by atoms with Crippen molar-refractivity contribution in [3.05, 3.63) is 24.3 Å². The van der Waals surface area contributed by atoms with E-state index in [0.29, 0.717) is 50.2 Å². The zero-order valence-electron chi connectivity index (χ0n) is 17.8. The lowest BCUT2D eigenvalue weighted by Gasteiger charge is -2.26. The van der Waals surface area contributed by atoms with Crippen LogP contribution in [0.3, 0.4) is 0 Å². The van der Waals surface area contributed by atoms with Crippen molar-refractivity contribution in [2.75, 3.05) is 31.6 Å². The number of carbonyl (C=O) groups is 2. The molecule has 1 N–H and O–H groups in total. The molecule has 31 heavy (non-hydrogen) atoms. The van der Waals surface area contributed by atoms with Gasteiger partial charge in [0.25, 0.3) is 5.91 Å². The van der Waals surface area contributed by atoms with Gasteiger partial charge in [0.2, 0.25) is 10.0 Å². The second kappa shape index (κ2) is 9.26. The highest BCUT2D eigenvalue weighted by molar-refractivity contribution is 7.89. The van der Waals surface area contributed by atoms with Crippen molar-refractivity contribution in [2.45, 2.75) is 50.0 Å². The van der Waals surface area contributed by atoms with Crippen LogP contribution in [-0.4, -0.2) is 57.0 Å². The highest BCUT2D eigenvalue weighted by Crippen LogP contribution is 2.49. The molecule has 1 heterocycles. The molecule has 4 unspecified atom stereocenters. The number of benzene rings is 1. The Kier molecular flexibility index (Phi) is 6.64. The number of carbonyl (C=O) groups excluding carboxylic acids is 2. The van der Waals surface area contributed by atoms with Crippen LogP contribution in [0.4, 0.5) is 5.69 Å². The fraction of sp³-hybridized carbons (Fsp3) is 0.636. The Labute approximate surface area is 183 Å². The van der Waals surface area contributed by atoms with Gasteiger partial charge in [-0.15, -0.1) is 0 Å². The molecule has 2 aliphatic carbocycles. The first kappa shape index (κ1) is 22.2. The number of hydrogen-bond acceptors (Lipinski definition) is 6. The summed E-state index contributed by atoms with van der Waals surface area (Å²) in [4.78, 5) is 24.8. The molecule has 9 heteroatoms. The van der Waals surface area contributed by atoms with Crippen molar-refractivity contribution in [1.29, 1.82) is 0 Å². The molecule has 4 rings (SSSR count). The van der Waals surface area contributed by atoms with Crippen molar-refractivity contribution in [3.8, 4) is 0 Å². The van der Waals surface area contributed by atoms with E-state index in [1.807, 2.05) is 0 Å². The van der Waals surface area contributed by atoms with Gasteiger partial charge in [-0.05, 0) is 68.2 Å². The molecule has 4 atom stereocenters. The zero-order valence-corrected chi connectivity index (χ0v) is 18.6. The molecule has 3 aliphatic rings. The summed E-state index contributed by atoms with van der Waals surface area (Å²) in [6, 6.07) is 6.00. The predicted octanol–water partition coefficient (Wildman–Crippen LogP) is 2.40. The van der Waals surface area contributed by atoms with E-state index in [0.717, 1.165) is 12.3 Å². The average Bonchev–Trinajstić information content (AvgIpc) is 3.38. The van der Waals surface area contributed by atoms with Gasteiger partial charge in [-0.25, -0.2) is 8.42 Å². The number of hydrogen-bond donors (Lipinski definition) is 1. The van der Waals surface area contributed by atoms with Gasteiger partial charge in [-0.3, -0.25) is 9.59 Å². The first-order valence-corrected chi connectivity index (χ1v) is 12.4. The van der Waals surface area contributed by atoms with E-state index >= 15 is 0 Å². The minimum atomic E-state index is -3.58. The number of fused-ring (bicyclic) bond motifs is 2. The Morgan fingerprint density at radius 2 is 1.87 bits per heavy atom. The molecular formula is C22H30N2O6S. The van der Waals surface area contributed by atoms with Crippen molar-refractivity contribution in [1.82, 2.24) is 4.31 Å². The molecule has 1 aromatic rings. The maximum absolute atomic E-state index is 12.7. The summed E-state index contributed by atoms with van der Waals surface area (Å²) in [5, 5.41) is 2.68. The maximum Gasteiger partial charge on any atom is 0.306 e. The molecule has 0 spiro atoms. The van der Waals surface area contributed by atoms with Crippen LogP contribution >= 0.6 is 0 Å². The second-order valence-electron chi connectivity index (χ2n) is 8.80. The maximum atomic E-state index is 12.7. The van der Waals surface area contributed by atoms with Crippen LogP contribution < -0.4 is 5.32 Å². The highest BCUT2D eigenvalue weighted by Gasteiger charge is 2.40. The van der Waals surface area contributed by atoms with E-state index in [1.54, 1.807) is 6.92 Å². The standard InChI is InChI=1S/C22H30N2O6S/c1-15(30-21(25)14-18-13-16-2-3-17(18)12-16)22(26)23-19-4-6-20(7-5-19)31(27,28)24-8-10-29-11-9-24/h4-7,15-18H,2-3,8-14H2,1H3,(H,23,26). The Balaban J connectivity index is 1.28. The van der Waals surface area contributed by atoms with Crippen LogP contribution in [0.5, 0.6) is 0 Å². The van der Waals surface area contributed by atoms with E-state index in [1.165, 1.54) is 47.8 Å². The Morgan fingerprint density at radius 1 is 1.16 bits per heavy atom.